The summed E-state index contributed by atoms with van der Waals surface area (Å²) in [5.41, 5.74) is 0. The van der Waals surface area contributed by atoms with Gasteiger partial charge < -0.3 is 15.1 Å². The van der Waals surface area contributed by atoms with Crippen LogP contribution >= 0.6 is 0 Å². The molecule has 1 saturated carbocycles. The molecule has 1 aliphatic carbocycles. The van der Waals surface area contributed by atoms with Gasteiger partial charge in [-0.1, -0.05) is 57.8 Å². The van der Waals surface area contributed by atoms with Gasteiger partial charge in [-0.3, -0.25) is 0 Å². The number of hydrogen-bond acceptors (Lipinski definition) is 2. The largest absolute Gasteiger partial charge is 0.465 e. The summed E-state index contributed by atoms with van der Waals surface area (Å²) >= 11 is 0. The molecule has 0 aromatic carbocycles. The van der Waals surface area contributed by atoms with Crippen molar-refractivity contribution in [2.24, 2.45) is 0 Å². The summed E-state index contributed by atoms with van der Waals surface area (Å²) in [6.07, 6.45) is 19.0. The quantitative estimate of drug-likeness (QED) is 0.802. The third-order valence-corrected chi connectivity index (χ3v) is 4.45. The van der Waals surface area contributed by atoms with E-state index >= 15 is 0 Å². The van der Waals surface area contributed by atoms with Crippen molar-refractivity contribution in [1.29, 1.82) is 0 Å². The molecule has 1 aliphatic rings. The van der Waals surface area contributed by atoms with Crippen molar-refractivity contribution >= 4 is 12.1 Å². The number of amides is 2. The zero-order chi connectivity index (χ0) is 16.2. The first-order valence-electron chi connectivity index (χ1n) is 9.12. The molecular weight excluding hydrogens is 288 g/mol. The third-order valence-electron chi connectivity index (χ3n) is 4.45. The van der Waals surface area contributed by atoms with Crippen LogP contribution in [0.1, 0.15) is 76.4 Å². The molecule has 0 aliphatic heterocycles. The molecule has 0 unspecified atom stereocenters. The van der Waals surface area contributed by atoms with Crippen LogP contribution in [0.3, 0.4) is 0 Å². The highest BCUT2D eigenvalue weighted by Gasteiger charge is 2.11. The van der Waals surface area contributed by atoms with E-state index in [0.29, 0.717) is 6.04 Å². The highest BCUT2D eigenvalue weighted by molar-refractivity contribution is 5.76. The molecule has 128 valence electrons. The van der Waals surface area contributed by atoms with Crippen LogP contribution in [0.4, 0.5) is 4.79 Å². The van der Waals surface area contributed by atoms with Gasteiger partial charge in [0.1, 0.15) is 5.76 Å². The Morgan fingerprint density at radius 3 is 2.17 bits per heavy atom. The van der Waals surface area contributed by atoms with Crippen molar-refractivity contribution in [2.75, 3.05) is 0 Å². The van der Waals surface area contributed by atoms with Crippen LogP contribution in [-0.4, -0.2) is 12.1 Å². The third kappa shape index (κ3) is 7.91. The molecule has 2 amide bonds. The Balaban J connectivity index is 1.71. The second-order valence-electron chi connectivity index (χ2n) is 6.42. The zero-order valence-corrected chi connectivity index (χ0v) is 14.1. The maximum Gasteiger partial charge on any atom is 0.318 e. The minimum absolute atomic E-state index is 0.120. The van der Waals surface area contributed by atoms with Gasteiger partial charge in [-0.05, 0) is 31.1 Å². The Morgan fingerprint density at radius 1 is 1.00 bits per heavy atom. The Bertz CT molecular complexity index is 442. The van der Waals surface area contributed by atoms with Gasteiger partial charge in [0, 0.05) is 12.2 Å². The van der Waals surface area contributed by atoms with Gasteiger partial charge in [-0.25, -0.2) is 4.79 Å². The lowest BCUT2D eigenvalue weighted by Gasteiger charge is -2.19. The van der Waals surface area contributed by atoms with E-state index in [2.05, 4.69) is 10.6 Å². The van der Waals surface area contributed by atoms with Crippen molar-refractivity contribution in [3.05, 3.63) is 30.4 Å². The van der Waals surface area contributed by atoms with E-state index < -0.39 is 0 Å². The Labute approximate surface area is 139 Å². The summed E-state index contributed by atoms with van der Waals surface area (Å²) in [6.45, 7) is 0. The molecule has 1 heterocycles. The molecule has 2 N–H and O–H groups in total. The van der Waals surface area contributed by atoms with E-state index in [-0.39, 0.29) is 6.03 Å². The van der Waals surface area contributed by atoms with E-state index in [1.54, 1.807) is 18.5 Å². The average Bonchev–Trinajstić information content (AvgIpc) is 3.03. The monoisotopic (exact) mass is 318 g/mol. The first-order chi connectivity index (χ1) is 11.3. The smallest absolute Gasteiger partial charge is 0.318 e. The van der Waals surface area contributed by atoms with Gasteiger partial charge in [0.05, 0.1) is 6.26 Å². The summed E-state index contributed by atoms with van der Waals surface area (Å²) in [5.74, 6) is 0.733. The van der Waals surface area contributed by atoms with E-state index in [0.717, 1.165) is 18.6 Å². The van der Waals surface area contributed by atoms with Crippen molar-refractivity contribution in [3.8, 4) is 0 Å². The maximum atomic E-state index is 12.0. The highest BCUT2D eigenvalue weighted by Crippen LogP contribution is 2.16. The summed E-state index contributed by atoms with van der Waals surface area (Å²) in [6, 6.07) is 3.85. The van der Waals surface area contributed by atoms with Crippen molar-refractivity contribution < 1.29 is 9.21 Å². The number of nitrogens with one attached hydrogen (secondary N) is 2. The fraction of sp³-hybridized carbons (Fsp3) is 0.632. The van der Waals surface area contributed by atoms with Crippen molar-refractivity contribution in [2.45, 2.75) is 76.7 Å². The number of urea groups is 1. The van der Waals surface area contributed by atoms with E-state index in [1.165, 1.54) is 57.8 Å². The van der Waals surface area contributed by atoms with Gasteiger partial charge in [0.2, 0.25) is 0 Å². The van der Waals surface area contributed by atoms with E-state index in [1.807, 2.05) is 12.1 Å². The Morgan fingerprint density at radius 2 is 1.61 bits per heavy atom. The zero-order valence-electron chi connectivity index (χ0n) is 14.1. The lowest BCUT2D eigenvalue weighted by Crippen LogP contribution is -2.40. The summed E-state index contributed by atoms with van der Waals surface area (Å²) in [7, 11) is 0. The topological polar surface area (TPSA) is 54.3 Å². The lowest BCUT2D eigenvalue weighted by molar-refractivity contribution is 0.238. The van der Waals surface area contributed by atoms with Gasteiger partial charge in [-0.2, -0.15) is 0 Å². The molecular formula is C19H30N2O2. The molecule has 1 aromatic rings. The molecule has 0 spiro atoms. The van der Waals surface area contributed by atoms with Gasteiger partial charge in [-0.15, -0.1) is 0 Å². The predicted octanol–water partition coefficient (Wildman–Crippen LogP) is 5.22. The number of hydrogen-bond donors (Lipinski definition) is 2. The van der Waals surface area contributed by atoms with Gasteiger partial charge in [0.25, 0.3) is 0 Å². The molecule has 4 nitrogen and oxygen atoms in total. The van der Waals surface area contributed by atoms with Crippen LogP contribution in [0.2, 0.25) is 0 Å². The number of rotatable bonds is 3. The van der Waals surface area contributed by atoms with E-state index in [4.69, 9.17) is 4.42 Å². The minimum atomic E-state index is -0.120. The standard InChI is InChI=1S/C19H30N2O2/c22-19(20-15-14-18-13-10-16-23-18)21-17-11-8-6-4-2-1-3-5-7-9-12-17/h10,13-17H,1-9,11-12H2,(H2,20,21,22)/b15-14+. The molecule has 2 rings (SSSR count). The molecule has 23 heavy (non-hydrogen) atoms. The molecule has 4 heteroatoms. The molecule has 1 aromatic heterocycles. The SMILES string of the molecule is O=C(N/C=C/c1ccco1)NC1CCCCCCCCCCC1. The summed E-state index contributed by atoms with van der Waals surface area (Å²) in [4.78, 5) is 12.0. The normalized spacial score (nSPS) is 19.0. The minimum Gasteiger partial charge on any atom is -0.465 e. The Hall–Kier alpha value is -1.71. The highest BCUT2D eigenvalue weighted by atomic mass is 16.3. The van der Waals surface area contributed by atoms with Crippen LogP contribution in [0, 0.1) is 0 Å². The van der Waals surface area contributed by atoms with Crippen LogP contribution < -0.4 is 10.6 Å². The fourth-order valence-electron chi connectivity index (χ4n) is 3.12. The first kappa shape index (κ1) is 17.6. The molecule has 0 atom stereocenters. The first-order valence-corrected chi connectivity index (χ1v) is 9.12. The number of carbonyl (C=O) groups is 1. The summed E-state index contributed by atoms with van der Waals surface area (Å²) in [5, 5.41) is 5.88. The molecule has 0 saturated heterocycles. The van der Waals surface area contributed by atoms with Crippen molar-refractivity contribution in [1.82, 2.24) is 10.6 Å². The second-order valence-corrected chi connectivity index (χ2v) is 6.42. The van der Waals surface area contributed by atoms with Gasteiger partial charge in [0.15, 0.2) is 0 Å². The molecule has 0 bridgehead atoms. The average molecular weight is 318 g/mol. The number of furan rings is 1. The van der Waals surface area contributed by atoms with Crippen LogP contribution in [0.5, 0.6) is 0 Å². The van der Waals surface area contributed by atoms with Crippen LogP contribution in [-0.2, 0) is 0 Å². The summed E-state index contributed by atoms with van der Waals surface area (Å²) < 4.78 is 5.18. The predicted molar refractivity (Wildman–Crippen MR) is 94.0 cm³/mol. The van der Waals surface area contributed by atoms with Crippen molar-refractivity contribution in [3.63, 3.8) is 0 Å². The second kappa shape index (κ2) is 10.9. The molecule has 1 fully saturated rings. The van der Waals surface area contributed by atoms with Gasteiger partial charge >= 0.3 is 6.03 Å². The van der Waals surface area contributed by atoms with Crippen LogP contribution in [0.25, 0.3) is 6.08 Å². The molecule has 0 radical (unpaired) electrons. The number of carbonyl (C=O) groups excluding carboxylic acids is 1. The fourth-order valence-corrected chi connectivity index (χ4v) is 3.12. The lowest BCUT2D eigenvalue weighted by atomic mass is 9.98. The maximum absolute atomic E-state index is 12.0. The van der Waals surface area contributed by atoms with E-state index in [9.17, 15) is 4.79 Å². The van der Waals surface area contributed by atoms with Crippen LogP contribution in [0.15, 0.2) is 29.0 Å². The Kier molecular flexibility index (Phi) is 8.38.